The molecular formula is C14H15OP. The first-order chi connectivity index (χ1) is 7.72. The highest BCUT2D eigenvalue weighted by atomic mass is 31.0. The van der Waals surface area contributed by atoms with Crippen molar-refractivity contribution in [2.45, 2.75) is 6.92 Å². The Morgan fingerprint density at radius 3 is 2.44 bits per heavy atom. The molecule has 0 fully saturated rings. The van der Waals surface area contributed by atoms with E-state index in [1.54, 1.807) is 7.11 Å². The molecule has 0 saturated carbocycles. The molecule has 2 heteroatoms. The van der Waals surface area contributed by atoms with Gasteiger partial charge in [0.15, 0.2) is 0 Å². The molecule has 2 rings (SSSR count). The number of ether oxygens (including phenoxy) is 1. The normalized spacial score (nSPS) is 10.2. The third kappa shape index (κ3) is 2.10. The lowest BCUT2D eigenvalue weighted by Crippen LogP contribution is -1.98. The third-order valence-electron chi connectivity index (χ3n) is 2.70. The van der Waals surface area contributed by atoms with Gasteiger partial charge in [0, 0.05) is 0 Å². The number of hydrogen-bond acceptors (Lipinski definition) is 1. The summed E-state index contributed by atoms with van der Waals surface area (Å²) in [5.41, 5.74) is 3.74. The van der Waals surface area contributed by atoms with E-state index in [9.17, 15) is 0 Å². The van der Waals surface area contributed by atoms with Crippen LogP contribution in [0, 0.1) is 6.92 Å². The van der Waals surface area contributed by atoms with Crippen LogP contribution in [0.1, 0.15) is 5.56 Å². The van der Waals surface area contributed by atoms with E-state index in [4.69, 9.17) is 4.74 Å². The van der Waals surface area contributed by atoms with Crippen LogP contribution in [0.15, 0.2) is 42.5 Å². The summed E-state index contributed by atoms with van der Waals surface area (Å²) in [7, 11) is 4.46. The highest BCUT2D eigenvalue weighted by molar-refractivity contribution is 7.28. The zero-order chi connectivity index (χ0) is 11.5. The molecule has 0 bridgehead atoms. The molecule has 0 heterocycles. The summed E-state index contributed by atoms with van der Waals surface area (Å²) >= 11 is 0. The number of methoxy groups -OCH3 is 1. The topological polar surface area (TPSA) is 9.23 Å². The number of benzene rings is 2. The van der Waals surface area contributed by atoms with Crippen LogP contribution in [0.2, 0.25) is 0 Å². The van der Waals surface area contributed by atoms with Crippen molar-refractivity contribution < 1.29 is 4.74 Å². The van der Waals surface area contributed by atoms with Gasteiger partial charge in [0.2, 0.25) is 0 Å². The van der Waals surface area contributed by atoms with Crippen LogP contribution < -0.4 is 10.0 Å². The van der Waals surface area contributed by atoms with E-state index in [-0.39, 0.29) is 0 Å². The van der Waals surface area contributed by atoms with E-state index in [0.29, 0.717) is 0 Å². The molecule has 1 unspecified atom stereocenters. The second-order valence-corrected chi connectivity index (χ2v) is 4.39. The van der Waals surface area contributed by atoms with Crippen LogP contribution in [-0.2, 0) is 0 Å². The van der Waals surface area contributed by atoms with Crippen molar-refractivity contribution in [2.24, 2.45) is 0 Å². The van der Waals surface area contributed by atoms with E-state index in [2.05, 4.69) is 52.6 Å². The summed E-state index contributed by atoms with van der Waals surface area (Å²) < 4.78 is 5.26. The van der Waals surface area contributed by atoms with Gasteiger partial charge in [-0.05, 0) is 41.1 Å². The molecule has 1 nitrogen and oxygen atoms in total. The van der Waals surface area contributed by atoms with Crippen LogP contribution in [-0.4, -0.2) is 7.11 Å². The molecule has 0 N–H and O–H groups in total. The number of aryl methyl sites for hydroxylation is 1. The fourth-order valence-corrected chi connectivity index (χ4v) is 2.11. The van der Waals surface area contributed by atoms with Crippen LogP contribution in [0.4, 0.5) is 0 Å². The van der Waals surface area contributed by atoms with Gasteiger partial charge in [-0.3, -0.25) is 0 Å². The zero-order valence-corrected chi connectivity index (χ0v) is 10.7. The monoisotopic (exact) mass is 230 g/mol. The summed E-state index contributed by atoms with van der Waals surface area (Å²) in [6.07, 6.45) is 0. The lowest BCUT2D eigenvalue weighted by atomic mass is 10.0. The largest absolute Gasteiger partial charge is 0.497 e. The first kappa shape index (κ1) is 11.2. The smallest absolute Gasteiger partial charge is 0.119 e. The fourth-order valence-electron chi connectivity index (χ4n) is 1.77. The Morgan fingerprint density at radius 2 is 1.75 bits per heavy atom. The summed E-state index contributed by atoms with van der Waals surface area (Å²) in [6.45, 7) is 2.12. The van der Waals surface area contributed by atoms with Gasteiger partial charge in [0.1, 0.15) is 5.75 Å². The molecule has 0 aliphatic heterocycles. The molecule has 0 aromatic heterocycles. The Kier molecular flexibility index (Phi) is 3.26. The highest BCUT2D eigenvalue weighted by Gasteiger charge is 2.05. The van der Waals surface area contributed by atoms with Gasteiger partial charge in [0.25, 0.3) is 0 Å². The van der Waals surface area contributed by atoms with Crippen molar-refractivity contribution in [1.29, 1.82) is 0 Å². The Balaban J connectivity index is 2.59. The van der Waals surface area contributed by atoms with Gasteiger partial charge in [-0.2, -0.15) is 0 Å². The van der Waals surface area contributed by atoms with Crippen LogP contribution in [0.25, 0.3) is 11.1 Å². The standard InChI is InChI=1S/C14H15OP/c1-10-5-3-4-6-12(10)13-9-11(15-2)7-8-14(13)16/h3-9H,16H2,1-2H3. The minimum Gasteiger partial charge on any atom is -0.497 e. The molecule has 1 atom stereocenters. The van der Waals surface area contributed by atoms with Gasteiger partial charge in [-0.25, -0.2) is 0 Å². The summed E-state index contributed by atoms with van der Waals surface area (Å²) in [6, 6.07) is 14.5. The van der Waals surface area contributed by atoms with E-state index in [0.717, 1.165) is 5.75 Å². The van der Waals surface area contributed by atoms with E-state index < -0.39 is 0 Å². The van der Waals surface area contributed by atoms with Crippen molar-refractivity contribution >= 4 is 14.5 Å². The molecule has 2 aromatic rings. The molecular weight excluding hydrogens is 215 g/mol. The van der Waals surface area contributed by atoms with Crippen molar-refractivity contribution in [3.05, 3.63) is 48.0 Å². The fraction of sp³-hybridized carbons (Fsp3) is 0.143. The van der Waals surface area contributed by atoms with Crippen molar-refractivity contribution in [2.75, 3.05) is 7.11 Å². The second-order valence-electron chi connectivity index (χ2n) is 3.77. The Morgan fingerprint density at radius 1 is 1.00 bits per heavy atom. The Labute approximate surface area is 98.7 Å². The minimum atomic E-state index is 0.893. The lowest BCUT2D eigenvalue weighted by Gasteiger charge is -2.10. The maximum absolute atomic E-state index is 5.26. The first-order valence-electron chi connectivity index (χ1n) is 5.22. The molecule has 0 amide bonds. The second kappa shape index (κ2) is 4.67. The molecule has 0 spiro atoms. The lowest BCUT2D eigenvalue weighted by molar-refractivity contribution is 0.415. The van der Waals surface area contributed by atoms with Crippen LogP contribution in [0.3, 0.4) is 0 Å². The van der Waals surface area contributed by atoms with Gasteiger partial charge in [0.05, 0.1) is 7.11 Å². The van der Waals surface area contributed by atoms with Gasteiger partial charge in [-0.1, -0.05) is 30.3 Å². The van der Waals surface area contributed by atoms with Gasteiger partial charge in [-0.15, -0.1) is 9.24 Å². The Bertz CT molecular complexity index is 506. The molecule has 2 aromatic carbocycles. The van der Waals surface area contributed by atoms with E-state index >= 15 is 0 Å². The maximum atomic E-state index is 5.26. The van der Waals surface area contributed by atoms with Crippen molar-refractivity contribution in [3.63, 3.8) is 0 Å². The Hall–Kier alpha value is -1.33. The third-order valence-corrected chi connectivity index (χ3v) is 3.20. The number of rotatable bonds is 2. The summed E-state index contributed by atoms with van der Waals surface area (Å²) in [5.74, 6) is 0.893. The molecule has 0 aliphatic carbocycles. The van der Waals surface area contributed by atoms with Crippen LogP contribution in [0.5, 0.6) is 5.75 Å². The SMILES string of the molecule is COc1ccc(P)c(-c2ccccc2C)c1. The predicted octanol–water partition coefficient (Wildman–Crippen LogP) is 3.17. The van der Waals surface area contributed by atoms with Crippen molar-refractivity contribution in [1.82, 2.24) is 0 Å². The zero-order valence-electron chi connectivity index (χ0n) is 9.53. The average molecular weight is 230 g/mol. The van der Waals surface area contributed by atoms with Crippen LogP contribution >= 0.6 is 9.24 Å². The molecule has 0 radical (unpaired) electrons. The maximum Gasteiger partial charge on any atom is 0.119 e. The summed E-state index contributed by atoms with van der Waals surface area (Å²) in [4.78, 5) is 0. The molecule has 0 aliphatic rings. The quantitative estimate of drug-likeness (QED) is 0.720. The number of hydrogen-bond donors (Lipinski definition) is 0. The summed E-state index contributed by atoms with van der Waals surface area (Å²) in [5, 5.41) is 1.19. The molecule has 16 heavy (non-hydrogen) atoms. The van der Waals surface area contributed by atoms with E-state index in [1.807, 2.05) is 6.07 Å². The van der Waals surface area contributed by atoms with E-state index in [1.165, 1.54) is 22.0 Å². The van der Waals surface area contributed by atoms with Crippen molar-refractivity contribution in [3.8, 4) is 16.9 Å². The predicted molar refractivity (Wildman–Crippen MR) is 72.5 cm³/mol. The van der Waals surface area contributed by atoms with Gasteiger partial charge < -0.3 is 4.74 Å². The van der Waals surface area contributed by atoms with Gasteiger partial charge >= 0.3 is 0 Å². The minimum absolute atomic E-state index is 0.893. The first-order valence-corrected chi connectivity index (χ1v) is 5.79. The molecule has 0 saturated heterocycles. The average Bonchev–Trinajstić information content (AvgIpc) is 2.31. The highest BCUT2D eigenvalue weighted by Crippen LogP contribution is 2.26. The molecule has 82 valence electrons.